The van der Waals surface area contributed by atoms with E-state index in [0.29, 0.717) is 42.5 Å². The number of carbonyl (C=O) groups excluding carboxylic acids is 2. The smallest absolute Gasteiger partial charge is 0.251 e. The second-order valence-electron chi connectivity index (χ2n) is 8.39. The van der Waals surface area contributed by atoms with Gasteiger partial charge in [-0.3, -0.25) is 9.59 Å². The Morgan fingerprint density at radius 3 is 2.46 bits per heavy atom. The molecule has 35 heavy (non-hydrogen) atoms. The zero-order valence-electron chi connectivity index (χ0n) is 20.3. The van der Waals surface area contributed by atoms with Gasteiger partial charge in [0.1, 0.15) is 5.75 Å². The molecular formula is C26H33N5O4. The molecule has 0 aliphatic heterocycles. The number of carbonyl (C=O) groups is 2. The predicted molar refractivity (Wildman–Crippen MR) is 133 cm³/mol. The molecule has 0 fully saturated rings. The van der Waals surface area contributed by atoms with E-state index in [1.807, 2.05) is 44.4 Å². The number of hydrogen-bond donors (Lipinski definition) is 2. The van der Waals surface area contributed by atoms with E-state index >= 15 is 0 Å². The summed E-state index contributed by atoms with van der Waals surface area (Å²) in [4.78, 5) is 26.4. The number of benzene rings is 2. The van der Waals surface area contributed by atoms with Crippen LogP contribution in [0.3, 0.4) is 0 Å². The lowest BCUT2D eigenvalue weighted by Crippen LogP contribution is -2.27. The van der Waals surface area contributed by atoms with Crippen LogP contribution < -0.4 is 15.4 Å². The van der Waals surface area contributed by atoms with Gasteiger partial charge in [0, 0.05) is 24.1 Å². The van der Waals surface area contributed by atoms with Gasteiger partial charge < -0.3 is 24.7 Å². The lowest BCUT2D eigenvalue weighted by atomic mass is 10.1. The zero-order valence-corrected chi connectivity index (χ0v) is 20.3. The van der Waals surface area contributed by atoms with E-state index in [4.69, 9.17) is 9.15 Å². The Morgan fingerprint density at radius 1 is 0.943 bits per heavy atom. The van der Waals surface area contributed by atoms with Crippen molar-refractivity contribution < 1.29 is 18.7 Å². The summed E-state index contributed by atoms with van der Waals surface area (Å²) >= 11 is 0. The molecule has 2 N–H and O–H groups in total. The number of nitrogens with zero attached hydrogens (tertiary/aromatic N) is 3. The van der Waals surface area contributed by atoms with Crippen LogP contribution in [0.25, 0.3) is 11.5 Å². The number of nitrogens with one attached hydrogen (secondary N) is 2. The fourth-order valence-corrected chi connectivity index (χ4v) is 3.26. The molecule has 0 atom stereocenters. The molecule has 0 saturated heterocycles. The van der Waals surface area contributed by atoms with E-state index in [-0.39, 0.29) is 18.4 Å². The fourth-order valence-electron chi connectivity index (χ4n) is 3.26. The van der Waals surface area contributed by atoms with Gasteiger partial charge in [0.25, 0.3) is 5.91 Å². The van der Waals surface area contributed by atoms with Crippen LogP contribution in [0.1, 0.15) is 41.9 Å². The molecule has 1 heterocycles. The minimum atomic E-state index is -0.115. The topological polar surface area (TPSA) is 110 Å². The van der Waals surface area contributed by atoms with Crippen molar-refractivity contribution in [2.75, 3.05) is 33.8 Å². The van der Waals surface area contributed by atoms with Crippen LogP contribution >= 0.6 is 0 Å². The molecule has 9 heteroatoms. The first-order valence-corrected chi connectivity index (χ1v) is 11.8. The molecule has 0 aliphatic rings. The third-order valence-corrected chi connectivity index (χ3v) is 5.18. The normalized spacial score (nSPS) is 10.8. The van der Waals surface area contributed by atoms with E-state index in [1.54, 1.807) is 24.3 Å². The Balaban J connectivity index is 1.35. The number of para-hydroxylation sites is 1. The van der Waals surface area contributed by atoms with Gasteiger partial charge in [0.2, 0.25) is 17.7 Å². The number of rotatable bonds is 14. The van der Waals surface area contributed by atoms with Crippen LogP contribution in [-0.4, -0.2) is 60.7 Å². The second kappa shape index (κ2) is 13.9. The average molecular weight is 480 g/mol. The quantitative estimate of drug-likeness (QED) is 0.342. The van der Waals surface area contributed by atoms with Crippen LogP contribution in [-0.2, 0) is 11.3 Å². The first-order chi connectivity index (χ1) is 17.0. The van der Waals surface area contributed by atoms with Gasteiger partial charge >= 0.3 is 0 Å². The highest BCUT2D eigenvalue weighted by atomic mass is 16.5. The summed E-state index contributed by atoms with van der Waals surface area (Å²) in [6.45, 7) is 2.28. The number of ether oxygens (including phenoxy) is 1. The summed E-state index contributed by atoms with van der Waals surface area (Å²) in [5.41, 5.74) is 1.28. The van der Waals surface area contributed by atoms with Gasteiger partial charge in [-0.25, -0.2) is 0 Å². The molecule has 186 valence electrons. The molecule has 3 rings (SSSR count). The lowest BCUT2D eigenvalue weighted by molar-refractivity contribution is -0.121. The van der Waals surface area contributed by atoms with Crippen LogP contribution in [0.5, 0.6) is 5.75 Å². The van der Waals surface area contributed by atoms with Crippen LogP contribution in [0, 0.1) is 0 Å². The molecule has 2 aromatic carbocycles. The lowest BCUT2D eigenvalue weighted by Gasteiger charge is -2.10. The van der Waals surface area contributed by atoms with Crippen molar-refractivity contribution >= 4 is 11.8 Å². The summed E-state index contributed by atoms with van der Waals surface area (Å²) in [6.07, 6.45) is 2.80. The SMILES string of the molecule is CN(C)CCCNC(=O)c1ccc(-c2nnc(CNC(=O)CCCCOc3ccccc3)o2)cc1. The monoisotopic (exact) mass is 479 g/mol. The second-order valence-corrected chi connectivity index (χ2v) is 8.39. The number of unbranched alkanes of at least 4 members (excludes halogenated alkanes) is 1. The summed E-state index contributed by atoms with van der Waals surface area (Å²) in [5, 5.41) is 13.7. The Morgan fingerprint density at radius 2 is 1.71 bits per heavy atom. The Bertz CT molecular complexity index is 1050. The third-order valence-electron chi connectivity index (χ3n) is 5.18. The average Bonchev–Trinajstić information content (AvgIpc) is 3.35. The summed E-state index contributed by atoms with van der Waals surface area (Å²) < 4.78 is 11.3. The van der Waals surface area contributed by atoms with Gasteiger partial charge in [0.15, 0.2) is 0 Å². The van der Waals surface area contributed by atoms with Crippen molar-refractivity contribution in [2.24, 2.45) is 0 Å². The Kier molecular flexibility index (Phi) is 10.3. The first-order valence-electron chi connectivity index (χ1n) is 11.8. The molecule has 2 amide bonds. The van der Waals surface area contributed by atoms with Crippen molar-refractivity contribution in [3.05, 3.63) is 66.1 Å². The van der Waals surface area contributed by atoms with Crippen molar-refractivity contribution in [3.63, 3.8) is 0 Å². The first kappa shape index (κ1) is 25.9. The van der Waals surface area contributed by atoms with Gasteiger partial charge in [-0.15, -0.1) is 10.2 Å². The van der Waals surface area contributed by atoms with Crippen LogP contribution in [0.15, 0.2) is 59.0 Å². The fraction of sp³-hybridized carbons (Fsp3) is 0.385. The maximum absolute atomic E-state index is 12.2. The van der Waals surface area contributed by atoms with Gasteiger partial charge in [-0.2, -0.15) is 0 Å². The number of amides is 2. The molecule has 9 nitrogen and oxygen atoms in total. The minimum Gasteiger partial charge on any atom is -0.494 e. The molecule has 0 radical (unpaired) electrons. The van der Waals surface area contributed by atoms with Gasteiger partial charge in [-0.05, 0) is 76.3 Å². The highest BCUT2D eigenvalue weighted by Gasteiger charge is 2.11. The standard InChI is InChI=1S/C26H33N5O4/c1-31(2)17-8-16-27-25(33)20-12-14-21(15-13-20)26-30-29-24(35-26)19-28-23(32)11-6-7-18-34-22-9-4-3-5-10-22/h3-5,9-10,12-15H,6-8,11,16-19H2,1-2H3,(H,27,33)(H,28,32). The molecule has 0 unspecified atom stereocenters. The largest absolute Gasteiger partial charge is 0.494 e. The van der Waals surface area contributed by atoms with Gasteiger partial charge in [0.05, 0.1) is 13.2 Å². The number of hydrogen-bond acceptors (Lipinski definition) is 7. The maximum atomic E-state index is 12.2. The van der Waals surface area contributed by atoms with Crippen molar-refractivity contribution in [3.8, 4) is 17.2 Å². The molecule has 0 aliphatic carbocycles. The van der Waals surface area contributed by atoms with Gasteiger partial charge in [-0.1, -0.05) is 18.2 Å². The third kappa shape index (κ3) is 9.21. The van der Waals surface area contributed by atoms with E-state index in [9.17, 15) is 9.59 Å². The van der Waals surface area contributed by atoms with E-state index in [2.05, 4.69) is 25.7 Å². The highest BCUT2D eigenvalue weighted by molar-refractivity contribution is 5.94. The Labute approximate surface area is 205 Å². The molecular weight excluding hydrogens is 446 g/mol. The van der Waals surface area contributed by atoms with E-state index < -0.39 is 0 Å². The van der Waals surface area contributed by atoms with Crippen molar-refractivity contribution in [1.82, 2.24) is 25.7 Å². The Hall–Kier alpha value is -3.72. The van der Waals surface area contributed by atoms with E-state index in [1.165, 1.54) is 0 Å². The molecule has 0 spiro atoms. The van der Waals surface area contributed by atoms with E-state index in [0.717, 1.165) is 31.6 Å². The molecule has 1 aromatic heterocycles. The molecule has 3 aromatic rings. The molecule has 0 saturated carbocycles. The van der Waals surface area contributed by atoms with Crippen LogP contribution in [0.4, 0.5) is 0 Å². The van der Waals surface area contributed by atoms with Crippen molar-refractivity contribution in [1.29, 1.82) is 0 Å². The summed E-state index contributed by atoms with van der Waals surface area (Å²) in [6, 6.07) is 16.6. The summed E-state index contributed by atoms with van der Waals surface area (Å²) in [7, 11) is 4.01. The predicted octanol–water partition coefficient (Wildman–Crippen LogP) is 3.28. The molecule has 0 bridgehead atoms. The number of aromatic nitrogens is 2. The maximum Gasteiger partial charge on any atom is 0.251 e. The minimum absolute atomic E-state index is 0.0783. The van der Waals surface area contributed by atoms with Crippen molar-refractivity contribution in [2.45, 2.75) is 32.2 Å². The zero-order chi connectivity index (χ0) is 24.9. The highest BCUT2D eigenvalue weighted by Crippen LogP contribution is 2.18. The summed E-state index contributed by atoms with van der Waals surface area (Å²) in [5.74, 6) is 1.30. The van der Waals surface area contributed by atoms with Crippen LogP contribution in [0.2, 0.25) is 0 Å².